The number of unbranched alkanes of at least 4 members (excludes halogenated alkanes) is 4. The van der Waals surface area contributed by atoms with E-state index in [9.17, 15) is 4.79 Å². The molecule has 0 aromatic heterocycles. The van der Waals surface area contributed by atoms with Crippen molar-refractivity contribution in [3.8, 4) is 5.75 Å². The Morgan fingerprint density at radius 1 is 1.17 bits per heavy atom. The maximum Gasteiger partial charge on any atom is 0.170 e. The van der Waals surface area contributed by atoms with E-state index in [2.05, 4.69) is 6.92 Å². The monoisotopic (exact) mass is 246 g/mol. The largest absolute Gasteiger partial charge is 0.489 e. The summed E-state index contributed by atoms with van der Waals surface area (Å²) in [5.74, 6) is 1.00. The van der Waals surface area contributed by atoms with Crippen molar-refractivity contribution >= 4 is 5.78 Å². The number of ether oxygens (including phenoxy) is 1. The number of rotatable bonds is 6. The highest BCUT2D eigenvalue weighted by atomic mass is 16.5. The predicted molar refractivity (Wildman–Crippen MR) is 73.2 cm³/mol. The molecule has 18 heavy (non-hydrogen) atoms. The van der Waals surface area contributed by atoms with Gasteiger partial charge in [-0.3, -0.25) is 4.79 Å². The number of carbonyl (C=O) groups is 1. The van der Waals surface area contributed by atoms with Crippen molar-refractivity contribution in [2.75, 3.05) is 0 Å². The normalized spacial score (nSPS) is 18.3. The quantitative estimate of drug-likeness (QED) is 0.696. The second-order valence-electron chi connectivity index (χ2n) is 5.07. The first-order valence-corrected chi connectivity index (χ1v) is 7.10. The van der Waals surface area contributed by atoms with Gasteiger partial charge < -0.3 is 4.74 Å². The number of Topliss-reactive ketones (excluding diaryl/α,β-unsaturated/α-hetero) is 1. The molecule has 1 atom stereocenters. The lowest BCUT2D eigenvalue weighted by Gasteiger charge is -2.25. The van der Waals surface area contributed by atoms with Crippen molar-refractivity contribution in [2.45, 2.75) is 58.0 Å². The summed E-state index contributed by atoms with van der Waals surface area (Å²) in [6, 6.07) is 7.58. The van der Waals surface area contributed by atoms with E-state index in [0.29, 0.717) is 6.42 Å². The van der Waals surface area contributed by atoms with Crippen LogP contribution >= 0.6 is 0 Å². The molecule has 0 saturated heterocycles. The van der Waals surface area contributed by atoms with Crippen molar-refractivity contribution in [1.82, 2.24) is 0 Å². The van der Waals surface area contributed by atoms with Gasteiger partial charge in [0.05, 0.1) is 5.56 Å². The average molecular weight is 246 g/mol. The molecule has 2 rings (SSSR count). The minimum atomic E-state index is 0.0917. The summed E-state index contributed by atoms with van der Waals surface area (Å²) in [7, 11) is 0. The molecular formula is C16H22O2. The SMILES string of the molecule is CCCCCCCC1CC(=O)c2ccccc2O1. The van der Waals surface area contributed by atoms with Crippen LogP contribution in [0.4, 0.5) is 0 Å². The number of ketones is 1. The molecule has 0 radical (unpaired) electrons. The molecule has 0 aliphatic carbocycles. The van der Waals surface area contributed by atoms with Gasteiger partial charge in [-0.15, -0.1) is 0 Å². The van der Waals surface area contributed by atoms with E-state index < -0.39 is 0 Å². The number of para-hydroxylation sites is 1. The highest BCUT2D eigenvalue weighted by Crippen LogP contribution is 2.29. The maximum atomic E-state index is 12.0. The fourth-order valence-corrected chi connectivity index (χ4v) is 2.47. The van der Waals surface area contributed by atoms with Gasteiger partial charge in [-0.05, 0) is 25.0 Å². The van der Waals surface area contributed by atoms with Crippen LogP contribution in [-0.4, -0.2) is 11.9 Å². The van der Waals surface area contributed by atoms with Gasteiger partial charge in [0.2, 0.25) is 0 Å². The zero-order chi connectivity index (χ0) is 12.8. The van der Waals surface area contributed by atoms with Crippen LogP contribution < -0.4 is 4.74 Å². The van der Waals surface area contributed by atoms with Crippen LogP contribution in [0, 0.1) is 0 Å². The summed E-state index contributed by atoms with van der Waals surface area (Å²) in [5.41, 5.74) is 0.750. The van der Waals surface area contributed by atoms with Gasteiger partial charge in [-0.25, -0.2) is 0 Å². The van der Waals surface area contributed by atoms with Gasteiger partial charge in [0.25, 0.3) is 0 Å². The molecule has 1 aromatic rings. The lowest BCUT2D eigenvalue weighted by Crippen LogP contribution is -2.26. The molecule has 1 aliphatic heterocycles. The third-order valence-electron chi connectivity index (χ3n) is 3.52. The zero-order valence-electron chi connectivity index (χ0n) is 11.2. The minimum absolute atomic E-state index is 0.0917. The first-order chi connectivity index (χ1) is 8.81. The molecule has 0 N–H and O–H groups in total. The molecule has 2 heteroatoms. The smallest absolute Gasteiger partial charge is 0.170 e. The van der Waals surface area contributed by atoms with Crippen molar-refractivity contribution in [1.29, 1.82) is 0 Å². The van der Waals surface area contributed by atoms with Crippen LogP contribution in [0.1, 0.15) is 62.2 Å². The zero-order valence-corrected chi connectivity index (χ0v) is 11.2. The Hall–Kier alpha value is -1.31. The van der Waals surface area contributed by atoms with E-state index in [1.54, 1.807) is 0 Å². The van der Waals surface area contributed by atoms with Gasteiger partial charge in [0.1, 0.15) is 11.9 Å². The van der Waals surface area contributed by atoms with E-state index in [1.165, 1.54) is 32.1 Å². The topological polar surface area (TPSA) is 26.3 Å². The first kappa shape index (κ1) is 13.1. The van der Waals surface area contributed by atoms with Crippen LogP contribution in [0.25, 0.3) is 0 Å². The Morgan fingerprint density at radius 2 is 1.94 bits per heavy atom. The maximum absolute atomic E-state index is 12.0. The van der Waals surface area contributed by atoms with Crippen LogP contribution in [0.5, 0.6) is 5.75 Å². The Kier molecular flexibility index (Phi) is 4.80. The Bertz CT molecular complexity index is 398. The summed E-state index contributed by atoms with van der Waals surface area (Å²) in [6.45, 7) is 2.22. The number of benzene rings is 1. The van der Waals surface area contributed by atoms with Gasteiger partial charge in [-0.2, -0.15) is 0 Å². The highest BCUT2D eigenvalue weighted by molar-refractivity contribution is 5.99. The van der Waals surface area contributed by atoms with Crippen LogP contribution in [0.3, 0.4) is 0 Å². The van der Waals surface area contributed by atoms with Gasteiger partial charge in [0.15, 0.2) is 5.78 Å². The lowest BCUT2D eigenvalue weighted by molar-refractivity contribution is 0.0835. The second-order valence-corrected chi connectivity index (χ2v) is 5.07. The molecule has 0 amide bonds. The molecular weight excluding hydrogens is 224 g/mol. The standard InChI is InChI=1S/C16H22O2/c1-2-3-4-5-6-9-13-12-15(17)14-10-7-8-11-16(14)18-13/h7-8,10-11,13H,2-6,9,12H2,1H3. The fraction of sp³-hybridized carbons (Fsp3) is 0.562. The fourth-order valence-electron chi connectivity index (χ4n) is 2.47. The Morgan fingerprint density at radius 3 is 2.78 bits per heavy atom. The summed E-state index contributed by atoms with van der Waals surface area (Å²) in [5, 5.41) is 0. The van der Waals surface area contributed by atoms with E-state index in [4.69, 9.17) is 4.74 Å². The molecule has 0 saturated carbocycles. The lowest BCUT2D eigenvalue weighted by atomic mass is 9.97. The summed E-state index contributed by atoms with van der Waals surface area (Å²) in [4.78, 5) is 12.0. The predicted octanol–water partition coefficient (Wildman–Crippen LogP) is 4.38. The van der Waals surface area contributed by atoms with Gasteiger partial charge in [-0.1, -0.05) is 44.7 Å². The molecule has 0 fully saturated rings. The van der Waals surface area contributed by atoms with Crippen molar-refractivity contribution in [3.05, 3.63) is 29.8 Å². The van der Waals surface area contributed by atoms with Crippen LogP contribution in [0.15, 0.2) is 24.3 Å². The Labute approximate surface area is 109 Å². The minimum Gasteiger partial charge on any atom is -0.489 e. The third-order valence-corrected chi connectivity index (χ3v) is 3.52. The van der Waals surface area contributed by atoms with Crippen LogP contribution in [0.2, 0.25) is 0 Å². The molecule has 1 unspecified atom stereocenters. The summed E-state index contributed by atoms with van der Waals surface area (Å²) >= 11 is 0. The third kappa shape index (κ3) is 3.34. The molecule has 1 heterocycles. The van der Waals surface area contributed by atoms with Gasteiger partial charge in [0, 0.05) is 6.42 Å². The first-order valence-electron chi connectivity index (χ1n) is 7.10. The summed E-state index contributed by atoms with van der Waals surface area (Å²) < 4.78 is 5.89. The van der Waals surface area contributed by atoms with Gasteiger partial charge >= 0.3 is 0 Å². The highest BCUT2D eigenvalue weighted by Gasteiger charge is 2.25. The van der Waals surface area contributed by atoms with E-state index in [1.807, 2.05) is 24.3 Å². The van der Waals surface area contributed by atoms with E-state index in [0.717, 1.165) is 17.7 Å². The van der Waals surface area contributed by atoms with Crippen molar-refractivity contribution in [2.24, 2.45) is 0 Å². The number of hydrogen-bond acceptors (Lipinski definition) is 2. The molecule has 2 nitrogen and oxygen atoms in total. The molecule has 1 aliphatic rings. The number of fused-ring (bicyclic) bond motifs is 1. The molecule has 0 bridgehead atoms. The number of carbonyl (C=O) groups excluding carboxylic acids is 1. The molecule has 0 spiro atoms. The Balaban J connectivity index is 1.82. The van der Waals surface area contributed by atoms with Crippen molar-refractivity contribution in [3.63, 3.8) is 0 Å². The summed E-state index contributed by atoms with van der Waals surface area (Å²) in [6.07, 6.45) is 7.94. The van der Waals surface area contributed by atoms with Crippen molar-refractivity contribution < 1.29 is 9.53 Å². The van der Waals surface area contributed by atoms with E-state index >= 15 is 0 Å². The molecule has 1 aromatic carbocycles. The average Bonchev–Trinajstić information content (AvgIpc) is 2.39. The second kappa shape index (κ2) is 6.58. The van der Waals surface area contributed by atoms with Crippen LogP contribution in [-0.2, 0) is 0 Å². The number of hydrogen-bond donors (Lipinski definition) is 0. The molecule has 98 valence electrons. The van der Waals surface area contributed by atoms with E-state index in [-0.39, 0.29) is 11.9 Å².